The van der Waals surface area contributed by atoms with Crippen LogP contribution in [0.25, 0.3) is 27.6 Å². The molecule has 178 valence electrons. The summed E-state index contributed by atoms with van der Waals surface area (Å²) >= 11 is 7.48. The third kappa shape index (κ3) is 4.12. The van der Waals surface area contributed by atoms with Crippen molar-refractivity contribution in [1.82, 2.24) is 28.0 Å². The van der Waals surface area contributed by atoms with Crippen LogP contribution in [0, 0.1) is 0 Å². The third-order valence-corrected chi connectivity index (χ3v) is 8.82. The predicted octanol–water partition coefficient (Wildman–Crippen LogP) is 3.17. The summed E-state index contributed by atoms with van der Waals surface area (Å²) in [7, 11) is -3.39. The fourth-order valence-corrected chi connectivity index (χ4v) is 6.36. The minimum atomic E-state index is -3.39. The van der Waals surface area contributed by atoms with E-state index in [1.165, 1.54) is 19.9 Å². The Kier molecular flexibility index (Phi) is 6.16. The number of hydrogen-bond donors (Lipinski definition) is 2. The van der Waals surface area contributed by atoms with E-state index in [1.807, 2.05) is 22.9 Å². The van der Waals surface area contributed by atoms with Crippen LogP contribution in [0.2, 0.25) is 5.02 Å². The number of fused-ring (bicyclic) bond motifs is 1. The van der Waals surface area contributed by atoms with Gasteiger partial charge in [0.1, 0.15) is 11.4 Å². The maximum absolute atomic E-state index is 12.5. The number of likely N-dealkylation sites (N-methyl/N-ethyl adjacent to an activating group) is 1. The van der Waals surface area contributed by atoms with Crippen molar-refractivity contribution in [2.45, 2.75) is 6.92 Å². The van der Waals surface area contributed by atoms with Crippen molar-refractivity contribution in [2.24, 2.45) is 0 Å². The molecule has 1 saturated heterocycles. The second kappa shape index (κ2) is 9.12. The number of benzene rings is 1. The van der Waals surface area contributed by atoms with E-state index in [1.54, 1.807) is 30.5 Å². The van der Waals surface area contributed by atoms with Crippen LogP contribution >= 0.6 is 22.9 Å². The van der Waals surface area contributed by atoms with Gasteiger partial charge >= 0.3 is 0 Å². The number of nitrogens with one attached hydrogen (secondary N) is 1. The maximum Gasteiger partial charge on any atom is 0.282 e. The number of thiazole rings is 1. The SMILES string of the molecule is CCN1CCN(CCNc2nccc(-c3c(-c4ccc(Cl)c(O)c4)nc4sccn34)n2)S1(=O)=O. The molecular formula is C21H22ClN7O3S2. The zero-order valence-electron chi connectivity index (χ0n) is 18.2. The summed E-state index contributed by atoms with van der Waals surface area (Å²) < 4.78 is 29.8. The predicted molar refractivity (Wildman–Crippen MR) is 132 cm³/mol. The van der Waals surface area contributed by atoms with E-state index in [0.29, 0.717) is 55.6 Å². The molecule has 34 heavy (non-hydrogen) atoms. The average molecular weight is 520 g/mol. The van der Waals surface area contributed by atoms with E-state index >= 15 is 0 Å². The zero-order chi connectivity index (χ0) is 23.9. The highest BCUT2D eigenvalue weighted by atomic mass is 35.5. The summed E-state index contributed by atoms with van der Waals surface area (Å²) in [5, 5.41) is 15.4. The zero-order valence-corrected chi connectivity index (χ0v) is 20.6. The Morgan fingerprint density at radius 3 is 2.79 bits per heavy atom. The van der Waals surface area contributed by atoms with Crippen LogP contribution in [0.4, 0.5) is 5.95 Å². The summed E-state index contributed by atoms with van der Waals surface area (Å²) in [4.78, 5) is 14.5. The molecular weight excluding hydrogens is 498 g/mol. The average Bonchev–Trinajstić information content (AvgIpc) is 3.48. The standard InChI is InChI=1S/C21H22ClN7O3S2/c1-2-27-9-10-28(34(27,31)32)8-7-24-20-23-6-5-16(25-20)19-18(26-21-29(19)11-12-33-21)14-3-4-15(22)17(30)13-14/h3-6,11-13,30H,2,7-10H2,1H3,(H,23,24,25). The minimum Gasteiger partial charge on any atom is -0.506 e. The summed E-state index contributed by atoms with van der Waals surface area (Å²) in [6.07, 6.45) is 3.56. The Balaban J connectivity index is 1.41. The van der Waals surface area contributed by atoms with Gasteiger partial charge in [-0.15, -0.1) is 11.3 Å². The van der Waals surface area contributed by atoms with Gasteiger partial charge in [0.15, 0.2) is 4.96 Å². The van der Waals surface area contributed by atoms with E-state index in [2.05, 4.69) is 15.3 Å². The molecule has 1 aromatic carbocycles. The molecule has 0 spiro atoms. The molecule has 1 aliphatic heterocycles. The first kappa shape index (κ1) is 23.0. The summed E-state index contributed by atoms with van der Waals surface area (Å²) in [6.45, 7) is 3.97. The van der Waals surface area contributed by atoms with Crippen molar-refractivity contribution in [1.29, 1.82) is 0 Å². The second-order valence-corrected chi connectivity index (χ2v) is 10.8. The van der Waals surface area contributed by atoms with Crippen LogP contribution in [0.15, 0.2) is 42.0 Å². The molecule has 0 saturated carbocycles. The van der Waals surface area contributed by atoms with Crippen molar-refractivity contribution < 1.29 is 13.5 Å². The molecule has 0 bridgehead atoms. The summed E-state index contributed by atoms with van der Waals surface area (Å²) in [6, 6.07) is 6.79. The topological polar surface area (TPSA) is 116 Å². The summed E-state index contributed by atoms with van der Waals surface area (Å²) in [5.74, 6) is 0.363. The van der Waals surface area contributed by atoms with Crippen molar-refractivity contribution >= 4 is 44.1 Å². The Bertz CT molecular complexity index is 1450. The second-order valence-electron chi connectivity index (χ2n) is 7.62. The Hall–Kier alpha value is -2.77. The lowest BCUT2D eigenvalue weighted by Gasteiger charge is -2.17. The first-order chi connectivity index (χ1) is 16.4. The van der Waals surface area contributed by atoms with Gasteiger partial charge in [-0.05, 0) is 18.2 Å². The quantitative estimate of drug-likeness (QED) is 0.385. The molecule has 0 aliphatic carbocycles. The van der Waals surface area contributed by atoms with Crippen molar-refractivity contribution in [2.75, 3.05) is 38.0 Å². The maximum atomic E-state index is 12.5. The highest BCUT2D eigenvalue weighted by molar-refractivity contribution is 7.87. The molecule has 4 heterocycles. The van der Waals surface area contributed by atoms with Crippen LogP contribution in [-0.2, 0) is 10.2 Å². The number of nitrogens with zero attached hydrogens (tertiary/aromatic N) is 6. The number of phenols is 1. The van der Waals surface area contributed by atoms with Gasteiger partial charge in [0.2, 0.25) is 5.95 Å². The van der Waals surface area contributed by atoms with Crippen molar-refractivity contribution in [3.63, 3.8) is 0 Å². The number of phenolic OH excluding ortho intramolecular Hbond substituents is 1. The lowest BCUT2D eigenvalue weighted by atomic mass is 10.1. The Labute approximate surface area is 205 Å². The normalized spacial score (nSPS) is 16.4. The molecule has 10 nitrogen and oxygen atoms in total. The van der Waals surface area contributed by atoms with Crippen LogP contribution in [-0.4, -0.2) is 74.2 Å². The fraction of sp³-hybridized carbons (Fsp3) is 0.286. The van der Waals surface area contributed by atoms with Gasteiger partial charge in [-0.25, -0.2) is 15.0 Å². The Morgan fingerprint density at radius 2 is 2.03 bits per heavy atom. The van der Waals surface area contributed by atoms with Gasteiger partial charge in [0.05, 0.1) is 16.4 Å². The smallest absolute Gasteiger partial charge is 0.282 e. The largest absolute Gasteiger partial charge is 0.506 e. The van der Waals surface area contributed by atoms with E-state index in [-0.39, 0.29) is 10.8 Å². The van der Waals surface area contributed by atoms with Gasteiger partial charge in [0, 0.05) is 56.1 Å². The van der Waals surface area contributed by atoms with Gasteiger partial charge in [0.25, 0.3) is 10.2 Å². The molecule has 0 atom stereocenters. The number of anilines is 1. The monoisotopic (exact) mass is 519 g/mol. The number of imidazole rings is 1. The molecule has 0 amide bonds. The first-order valence-corrected chi connectivity index (χ1v) is 13.3. The molecule has 3 aromatic heterocycles. The molecule has 2 N–H and O–H groups in total. The van der Waals surface area contributed by atoms with E-state index in [9.17, 15) is 13.5 Å². The van der Waals surface area contributed by atoms with E-state index in [0.717, 1.165) is 10.7 Å². The molecule has 4 aromatic rings. The Morgan fingerprint density at radius 1 is 1.21 bits per heavy atom. The van der Waals surface area contributed by atoms with Crippen molar-refractivity contribution in [3.05, 3.63) is 47.1 Å². The van der Waals surface area contributed by atoms with E-state index < -0.39 is 10.2 Å². The number of rotatable bonds is 7. The molecule has 0 unspecified atom stereocenters. The van der Waals surface area contributed by atoms with Crippen LogP contribution < -0.4 is 5.32 Å². The van der Waals surface area contributed by atoms with Crippen LogP contribution in [0.1, 0.15) is 6.92 Å². The number of aromatic nitrogens is 4. The molecule has 5 rings (SSSR count). The molecule has 13 heteroatoms. The number of halogens is 1. The highest BCUT2D eigenvalue weighted by Gasteiger charge is 2.34. The number of hydrogen-bond acceptors (Lipinski definition) is 8. The number of aromatic hydroxyl groups is 1. The van der Waals surface area contributed by atoms with Gasteiger partial charge < -0.3 is 10.4 Å². The molecule has 1 aliphatic rings. The summed E-state index contributed by atoms with van der Waals surface area (Å²) in [5.41, 5.74) is 2.76. The molecule has 0 radical (unpaired) electrons. The van der Waals surface area contributed by atoms with Gasteiger partial charge in [-0.1, -0.05) is 24.6 Å². The van der Waals surface area contributed by atoms with E-state index in [4.69, 9.17) is 16.6 Å². The van der Waals surface area contributed by atoms with Gasteiger partial charge in [-0.2, -0.15) is 17.0 Å². The molecule has 1 fully saturated rings. The van der Waals surface area contributed by atoms with Crippen molar-refractivity contribution in [3.8, 4) is 28.4 Å². The first-order valence-electron chi connectivity index (χ1n) is 10.7. The van der Waals surface area contributed by atoms with Gasteiger partial charge in [-0.3, -0.25) is 4.40 Å². The highest BCUT2D eigenvalue weighted by Crippen LogP contribution is 2.36. The van der Waals surface area contributed by atoms with Crippen LogP contribution in [0.3, 0.4) is 0 Å². The third-order valence-electron chi connectivity index (χ3n) is 5.63. The minimum absolute atomic E-state index is 0.0231. The fourth-order valence-electron chi connectivity index (χ4n) is 3.93. The van der Waals surface area contributed by atoms with Crippen LogP contribution in [0.5, 0.6) is 5.75 Å². The lowest BCUT2D eigenvalue weighted by Crippen LogP contribution is -2.35. The lowest BCUT2D eigenvalue weighted by molar-refractivity contribution is 0.454.